The Morgan fingerprint density at radius 1 is 0.575 bits per heavy atom. The molecule has 0 saturated carbocycles. The highest BCUT2D eigenvalue weighted by atomic mass is 19.1. The zero-order valence-electron chi connectivity index (χ0n) is 40.9. The Bertz CT molecular complexity index is 3690. The Hall–Kier alpha value is -8.53. The van der Waals surface area contributed by atoms with E-state index in [1.807, 2.05) is 119 Å². The van der Waals surface area contributed by atoms with Crippen molar-refractivity contribution < 1.29 is 14.0 Å². The third kappa shape index (κ3) is 7.28. The smallest absolute Gasteiger partial charge is 0.176 e. The number of carbonyl (C=O) groups excluding carboxylic acids is 2. The SMILES string of the molecule is C[C@H]1C(=O)C(C#N)=C[C@@]2(C)c3c(c(-c4ccccc4)nn3-c3ccc(-c4cccc(C[C@H]5C(=O)C(C#N)=C[C@@]6(C)c7c(c(-c8ccccc8)nn7-c7cccc(-c8ccccc8)c7)CC[C@H]56)c4F)cc3)CC[C@H]12. The first-order valence-electron chi connectivity index (χ1n) is 25.2. The summed E-state index contributed by atoms with van der Waals surface area (Å²) in [6.45, 7) is 6.19. The molecule has 2 aromatic heterocycles. The van der Waals surface area contributed by atoms with Gasteiger partial charge in [-0.15, -0.1) is 0 Å². The lowest BCUT2D eigenvalue weighted by Gasteiger charge is -2.46. The molecular formula is C64H51FN6O2. The Balaban J connectivity index is 0.912. The van der Waals surface area contributed by atoms with Crippen LogP contribution in [-0.4, -0.2) is 31.1 Å². The largest absolute Gasteiger partial charge is 0.293 e. The van der Waals surface area contributed by atoms with Crippen molar-refractivity contribution in [2.75, 3.05) is 0 Å². The topological polar surface area (TPSA) is 117 Å². The zero-order chi connectivity index (χ0) is 50.2. The highest BCUT2D eigenvalue weighted by molar-refractivity contribution is 6.03. The second kappa shape index (κ2) is 17.6. The van der Waals surface area contributed by atoms with Crippen LogP contribution in [0.5, 0.6) is 0 Å². The van der Waals surface area contributed by atoms with Crippen molar-refractivity contribution in [3.63, 3.8) is 0 Å². The predicted molar refractivity (Wildman–Crippen MR) is 281 cm³/mol. The molecule has 0 fully saturated rings. The van der Waals surface area contributed by atoms with Crippen LogP contribution in [0.4, 0.5) is 4.39 Å². The number of fused-ring (bicyclic) bond motifs is 6. The van der Waals surface area contributed by atoms with Crippen molar-refractivity contribution in [2.45, 2.75) is 63.7 Å². The fourth-order valence-electron chi connectivity index (χ4n) is 13.2. The van der Waals surface area contributed by atoms with E-state index < -0.39 is 22.6 Å². The summed E-state index contributed by atoms with van der Waals surface area (Å²) in [5.74, 6) is -2.05. The van der Waals surface area contributed by atoms with Crippen LogP contribution in [0.2, 0.25) is 0 Å². The van der Waals surface area contributed by atoms with Gasteiger partial charge in [0.15, 0.2) is 11.6 Å². The lowest BCUT2D eigenvalue weighted by Crippen LogP contribution is -2.48. The maximum absolute atomic E-state index is 17.4. The molecule has 6 aromatic carbocycles. The van der Waals surface area contributed by atoms with Crippen molar-refractivity contribution in [1.82, 2.24) is 19.6 Å². The molecule has 2 heterocycles. The third-order valence-electron chi connectivity index (χ3n) is 16.7. The van der Waals surface area contributed by atoms with E-state index in [2.05, 4.69) is 80.6 Å². The summed E-state index contributed by atoms with van der Waals surface area (Å²) < 4.78 is 21.4. The summed E-state index contributed by atoms with van der Waals surface area (Å²) in [6.07, 6.45) is 6.68. The van der Waals surface area contributed by atoms with Gasteiger partial charge in [-0.1, -0.05) is 166 Å². The summed E-state index contributed by atoms with van der Waals surface area (Å²) in [5.41, 5.74) is 11.9. The first-order valence-corrected chi connectivity index (χ1v) is 25.2. The normalized spacial score (nSPS) is 22.9. The molecule has 6 atom stereocenters. The molecule has 0 N–H and O–H groups in total. The highest BCUT2D eigenvalue weighted by Crippen LogP contribution is 2.54. The van der Waals surface area contributed by atoms with Crippen molar-refractivity contribution in [3.05, 3.63) is 215 Å². The van der Waals surface area contributed by atoms with Gasteiger partial charge in [-0.3, -0.25) is 9.59 Å². The van der Waals surface area contributed by atoms with Gasteiger partial charge in [0.2, 0.25) is 0 Å². The number of rotatable bonds is 8. The Labute approximate surface area is 424 Å². The standard InChI is InChI=1S/C64H51FN6O2/c1-39-54-31-29-51-57(42-17-9-5-10-18-42)68-70(61(51)63(54,2)35-46(37-66)59(39)72)48-27-25-41(26-28-48)50-24-14-22-45(56(50)65)34-53-55-32-30-52-58(43-19-11-6-12-20-43)69-71(62(52)64(55,3)36-47(38-67)60(53)73)49-23-13-21-44(33-49)40-15-7-4-8-16-40/h4-28,33,35-36,39,53-55H,29-32,34H2,1-3H3/t39-,53-,54-,55-,63-,64-/m1/s1. The predicted octanol–water partition coefficient (Wildman–Crippen LogP) is 13.1. The van der Waals surface area contributed by atoms with Crippen LogP contribution in [0.15, 0.2) is 181 Å². The van der Waals surface area contributed by atoms with Crippen molar-refractivity contribution >= 4 is 11.6 Å². The number of allylic oxidation sites excluding steroid dienone is 4. The molecule has 0 aliphatic heterocycles. The molecule has 0 unspecified atom stereocenters. The van der Waals surface area contributed by atoms with E-state index >= 15 is 4.39 Å². The quantitative estimate of drug-likeness (QED) is 0.150. The third-order valence-corrected chi connectivity index (χ3v) is 16.7. The maximum atomic E-state index is 17.4. The summed E-state index contributed by atoms with van der Waals surface area (Å²) >= 11 is 0. The number of carbonyl (C=O) groups is 2. The van der Waals surface area contributed by atoms with Gasteiger partial charge < -0.3 is 0 Å². The van der Waals surface area contributed by atoms with Crippen LogP contribution in [0.3, 0.4) is 0 Å². The highest BCUT2D eigenvalue weighted by Gasteiger charge is 2.53. The number of hydrogen-bond acceptors (Lipinski definition) is 6. The number of aromatic nitrogens is 4. The number of benzene rings is 6. The molecule has 8 aromatic rings. The van der Waals surface area contributed by atoms with Crippen LogP contribution >= 0.6 is 0 Å². The number of ketones is 2. The monoisotopic (exact) mass is 954 g/mol. The zero-order valence-corrected chi connectivity index (χ0v) is 40.9. The molecule has 12 rings (SSSR count). The van der Waals surface area contributed by atoms with Gasteiger partial charge in [-0.2, -0.15) is 20.7 Å². The first kappa shape index (κ1) is 45.6. The van der Waals surface area contributed by atoms with Gasteiger partial charge >= 0.3 is 0 Å². The molecule has 356 valence electrons. The van der Waals surface area contributed by atoms with Crippen LogP contribution in [0.1, 0.15) is 61.7 Å². The van der Waals surface area contributed by atoms with E-state index in [4.69, 9.17) is 10.2 Å². The summed E-state index contributed by atoms with van der Waals surface area (Å²) in [5, 5.41) is 31.4. The molecule has 0 saturated heterocycles. The number of halogens is 1. The van der Waals surface area contributed by atoms with Crippen molar-refractivity contribution in [3.8, 4) is 68.3 Å². The maximum Gasteiger partial charge on any atom is 0.176 e. The summed E-state index contributed by atoms with van der Waals surface area (Å²) in [7, 11) is 0. The van der Waals surface area contributed by atoms with Gasteiger partial charge in [-0.25, -0.2) is 13.8 Å². The molecule has 4 aliphatic carbocycles. The second-order valence-corrected chi connectivity index (χ2v) is 20.7. The fourth-order valence-corrected chi connectivity index (χ4v) is 13.2. The van der Waals surface area contributed by atoms with Gasteiger partial charge in [-0.05, 0) is 90.5 Å². The average Bonchev–Trinajstić information content (AvgIpc) is 4.04. The second-order valence-electron chi connectivity index (χ2n) is 20.7. The minimum atomic E-state index is -0.801. The molecule has 0 amide bonds. The minimum absolute atomic E-state index is 0.0185. The molecule has 8 nitrogen and oxygen atoms in total. The van der Waals surface area contributed by atoms with E-state index in [1.165, 1.54) is 0 Å². The van der Waals surface area contributed by atoms with Crippen LogP contribution in [0, 0.1) is 52.2 Å². The van der Waals surface area contributed by atoms with Gasteiger partial charge in [0.05, 0.1) is 45.3 Å². The van der Waals surface area contributed by atoms with Crippen molar-refractivity contribution in [2.24, 2.45) is 23.7 Å². The van der Waals surface area contributed by atoms with E-state index in [1.54, 1.807) is 12.1 Å². The van der Waals surface area contributed by atoms with Crippen LogP contribution < -0.4 is 0 Å². The molecule has 0 spiro atoms. The van der Waals surface area contributed by atoms with E-state index in [0.717, 1.165) is 80.4 Å². The number of hydrogen-bond donors (Lipinski definition) is 0. The molecule has 9 heteroatoms. The lowest BCUT2D eigenvalue weighted by atomic mass is 9.56. The molecule has 4 aliphatic rings. The molecular weight excluding hydrogens is 904 g/mol. The first-order chi connectivity index (χ1) is 35.5. The fraction of sp³-hybridized carbons (Fsp3) is 0.219. The Morgan fingerprint density at radius 3 is 1.67 bits per heavy atom. The van der Waals surface area contributed by atoms with Gasteiger partial charge in [0, 0.05) is 50.5 Å². The Morgan fingerprint density at radius 2 is 1.08 bits per heavy atom. The number of nitrogens with zero attached hydrogens (tertiary/aromatic N) is 6. The van der Waals surface area contributed by atoms with Gasteiger partial charge in [0.1, 0.15) is 18.0 Å². The van der Waals surface area contributed by atoms with E-state index in [0.29, 0.717) is 29.5 Å². The minimum Gasteiger partial charge on any atom is -0.293 e. The summed E-state index contributed by atoms with van der Waals surface area (Å²) in [6, 6.07) is 56.3. The lowest BCUT2D eigenvalue weighted by molar-refractivity contribution is -0.122. The van der Waals surface area contributed by atoms with Crippen LogP contribution in [0.25, 0.3) is 56.1 Å². The van der Waals surface area contributed by atoms with Gasteiger partial charge in [0.25, 0.3) is 0 Å². The average molecular weight is 955 g/mol. The molecule has 73 heavy (non-hydrogen) atoms. The van der Waals surface area contributed by atoms with E-state index in [9.17, 15) is 20.1 Å². The van der Waals surface area contributed by atoms with Crippen molar-refractivity contribution in [1.29, 1.82) is 10.5 Å². The number of Topliss-reactive ketones (excluding diaryl/α,β-unsaturated/α-hetero) is 2. The molecule has 0 radical (unpaired) electrons. The molecule has 0 bridgehead atoms. The number of nitriles is 2. The van der Waals surface area contributed by atoms with E-state index in [-0.39, 0.29) is 46.9 Å². The van der Waals surface area contributed by atoms with Crippen LogP contribution in [-0.2, 0) is 39.7 Å². The Kier molecular flexibility index (Phi) is 11.0. The summed E-state index contributed by atoms with van der Waals surface area (Å²) in [4.78, 5) is 27.9.